The summed E-state index contributed by atoms with van der Waals surface area (Å²) in [6.45, 7) is 3.89. The number of H-pyrrole nitrogens is 1. The zero-order chi connectivity index (χ0) is 19.9. The molecule has 1 amide bonds. The van der Waals surface area contributed by atoms with Crippen LogP contribution >= 0.6 is 0 Å². The summed E-state index contributed by atoms with van der Waals surface area (Å²) in [5, 5.41) is 6.46. The molecule has 0 aliphatic heterocycles. The van der Waals surface area contributed by atoms with Crippen molar-refractivity contribution in [3.63, 3.8) is 0 Å². The number of para-hydroxylation sites is 1. The highest BCUT2D eigenvalue weighted by Crippen LogP contribution is 2.21. The van der Waals surface area contributed by atoms with E-state index in [1.54, 1.807) is 19.1 Å². The molecule has 1 heterocycles. The first-order valence-corrected chi connectivity index (χ1v) is 9.55. The molecule has 3 rings (SSSR count). The third-order valence-electron chi connectivity index (χ3n) is 4.65. The van der Waals surface area contributed by atoms with Crippen LogP contribution in [0.1, 0.15) is 22.4 Å². The predicted octanol–water partition coefficient (Wildman–Crippen LogP) is 3.41. The Bertz CT molecular complexity index is 954. The highest BCUT2D eigenvalue weighted by molar-refractivity contribution is 5.91. The van der Waals surface area contributed by atoms with E-state index in [-0.39, 0.29) is 5.91 Å². The van der Waals surface area contributed by atoms with Gasteiger partial charge in [-0.2, -0.15) is 0 Å². The molecule has 2 aromatic carbocycles. The van der Waals surface area contributed by atoms with Crippen LogP contribution in [0.3, 0.4) is 0 Å². The van der Waals surface area contributed by atoms with Crippen LogP contribution in [-0.4, -0.2) is 36.5 Å². The van der Waals surface area contributed by atoms with Crippen molar-refractivity contribution >= 4 is 22.9 Å². The molecular weight excluding hydrogens is 348 g/mol. The minimum atomic E-state index is -0.136. The molecule has 0 aliphatic rings. The number of aromatic nitrogens is 1. The van der Waals surface area contributed by atoms with Gasteiger partial charge in [0.1, 0.15) is 0 Å². The van der Waals surface area contributed by atoms with Gasteiger partial charge in [-0.3, -0.25) is 10.2 Å². The molecule has 0 saturated heterocycles. The number of carbonyl (C=O) groups is 1. The smallest absolute Gasteiger partial charge is 0.258 e. The minimum Gasteiger partial charge on any atom is -0.358 e. The van der Waals surface area contributed by atoms with Crippen molar-refractivity contribution in [3.05, 3.63) is 77.0 Å². The summed E-state index contributed by atoms with van der Waals surface area (Å²) in [5.74, 6) is -0.136. The summed E-state index contributed by atoms with van der Waals surface area (Å²) >= 11 is 0. The Kier molecular flexibility index (Phi) is 6.63. The number of carbonyl (C=O) groups excluding carboxylic acids is 1. The summed E-state index contributed by atoms with van der Waals surface area (Å²) < 4.78 is 0. The van der Waals surface area contributed by atoms with Crippen molar-refractivity contribution in [2.75, 3.05) is 20.6 Å². The molecule has 146 valence electrons. The maximum absolute atomic E-state index is 11.6. The van der Waals surface area contributed by atoms with Crippen LogP contribution < -0.4 is 10.7 Å². The molecule has 0 unspecified atom stereocenters. The Balaban J connectivity index is 1.48. The van der Waals surface area contributed by atoms with Crippen molar-refractivity contribution < 1.29 is 4.79 Å². The van der Waals surface area contributed by atoms with E-state index in [2.05, 4.69) is 59.0 Å². The number of aryl methyl sites for hydroxylation is 1. The van der Waals surface area contributed by atoms with Crippen LogP contribution in [0.15, 0.2) is 54.6 Å². The zero-order valence-corrected chi connectivity index (χ0v) is 16.8. The van der Waals surface area contributed by atoms with Gasteiger partial charge in [-0.15, -0.1) is 0 Å². The lowest BCUT2D eigenvalue weighted by molar-refractivity contribution is -0.119. The quantitative estimate of drug-likeness (QED) is 0.321. The zero-order valence-electron chi connectivity index (χ0n) is 16.8. The van der Waals surface area contributed by atoms with Crippen LogP contribution in [0.2, 0.25) is 0 Å². The first-order valence-electron chi connectivity index (χ1n) is 9.55. The Labute approximate surface area is 166 Å². The number of hydrazine groups is 1. The average molecular weight is 377 g/mol. The molecule has 3 N–H and O–H groups in total. The highest BCUT2D eigenvalue weighted by Gasteiger charge is 2.07. The average Bonchev–Trinajstić information content (AvgIpc) is 2.99. The van der Waals surface area contributed by atoms with Crippen LogP contribution in [0.25, 0.3) is 17.0 Å². The first kappa shape index (κ1) is 19.9. The topological polar surface area (TPSA) is 60.2 Å². The predicted molar refractivity (Wildman–Crippen MR) is 116 cm³/mol. The number of amides is 1. The monoisotopic (exact) mass is 376 g/mol. The normalized spacial score (nSPS) is 11.6. The number of hydrogen-bond donors (Lipinski definition) is 3. The molecule has 0 bridgehead atoms. The fourth-order valence-corrected chi connectivity index (χ4v) is 3.28. The minimum absolute atomic E-state index is 0.136. The lowest BCUT2D eigenvalue weighted by atomic mass is 10.1. The van der Waals surface area contributed by atoms with E-state index >= 15 is 0 Å². The van der Waals surface area contributed by atoms with Gasteiger partial charge in [0.15, 0.2) is 0 Å². The molecule has 0 spiro atoms. The maximum Gasteiger partial charge on any atom is 0.258 e. The summed E-state index contributed by atoms with van der Waals surface area (Å²) in [7, 11) is 3.57. The van der Waals surface area contributed by atoms with Crippen LogP contribution in [0, 0.1) is 6.92 Å². The molecule has 0 radical (unpaired) electrons. The highest BCUT2D eigenvalue weighted by atomic mass is 16.2. The van der Waals surface area contributed by atoms with Crippen molar-refractivity contribution in [2.24, 2.45) is 0 Å². The SMILES string of the molecule is Cc1[nH]c2ccccc2c1CCNCc1ccc(C=CC(=O)NN(C)C)cc1. The van der Waals surface area contributed by atoms with E-state index in [1.807, 2.05) is 18.2 Å². The van der Waals surface area contributed by atoms with Crippen LogP contribution in [-0.2, 0) is 17.8 Å². The Hall–Kier alpha value is -2.89. The summed E-state index contributed by atoms with van der Waals surface area (Å²) in [4.78, 5) is 15.1. The standard InChI is InChI=1S/C23H28N4O/c1-17-20(21-6-4-5-7-22(21)25-17)14-15-24-16-19-10-8-18(9-11-19)12-13-23(28)26-27(2)3/h4-13,24-25H,14-16H2,1-3H3,(H,26,28). The van der Waals surface area contributed by atoms with E-state index in [0.29, 0.717) is 0 Å². The summed E-state index contributed by atoms with van der Waals surface area (Å²) in [6.07, 6.45) is 4.35. The van der Waals surface area contributed by atoms with Gasteiger partial charge >= 0.3 is 0 Å². The van der Waals surface area contributed by atoms with E-state index in [0.717, 1.165) is 25.1 Å². The Morgan fingerprint density at radius 1 is 1.11 bits per heavy atom. The molecule has 28 heavy (non-hydrogen) atoms. The molecule has 0 saturated carbocycles. The van der Waals surface area contributed by atoms with Gasteiger partial charge < -0.3 is 10.3 Å². The Morgan fingerprint density at radius 2 is 1.86 bits per heavy atom. The number of fused-ring (bicyclic) bond motifs is 1. The molecule has 1 aromatic heterocycles. The molecule has 0 aliphatic carbocycles. The Morgan fingerprint density at radius 3 is 2.61 bits per heavy atom. The van der Waals surface area contributed by atoms with Gasteiger partial charge in [0.25, 0.3) is 5.91 Å². The molecule has 5 nitrogen and oxygen atoms in total. The van der Waals surface area contributed by atoms with E-state index in [4.69, 9.17) is 0 Å². The van der Waals surface area contributed by atoms with Gasteiger partial charge in [0.05, 0.1) is 0 Å². The van der Waals surface area contributed by atoms with Gasteiger partial charge in [0, 0.05) is 43.3 Å². The fraction of sp³-hybridized carbons (Fsp3) is 0.261. The number of rotatable bonds is 8. The second-order valence-electron chi connectivity index (χ2n) is 7.15. The van der Waals surface area contributed by atoms with Crippen molar-refractivity contribution in [2.45, 2.75) is 19.9 Å². The number of hydrogen-bond acceptors (Lipinski definition) is 3. The maximum atomic E-state index is 11.6. The van der Waals surface area contributed by atoms with E-state index in [1.165, 1.54) is 33.8 Å². The van der Waals surface area contributed by atoms with Gasteiger partial charge in [0.2, 0.25) is 0 Å². The van der Waals surface area contributed by atoms with Crippen molar-refractivity contribution in [3.8, 4) is 0 Å². The third-order valence-corrected chi connectivity index (χ3v) is 4.65. The third kappa shape index (κ3) is 5.31. The molecule has 5 heteroatoms. The number of nitrogens with zero attached hydrogens (tertiary/aromatic N) is 1. The van der Waals surface area contributed by atoms with E-state index < -0.39 is 0 Å². The second kappa shape index (κ2) is 9.35. The summed E-state index contributed by atoms with van der Waals surface area (Å²) in [5.41, 5.74) is 8.76. The largest absolute Gasteiger partial charge is 0.358 e. The van der Waals surface area contributed by atoms with E-state index in [9.17, 15) is 4.79 Å². The molecule has 0 fully saturated rings. The van der Waals surface area contributed by atoms with Gasteiger partial charge in [-0.05, 0) is 48.7 Å². The van der Waals surface area contributed by atoms with Gasteiger partial charge in [-0.1, -0.05) is 42.5 Å². The summed E-state index contributed by atoms with van der Waals surface area (Å²) in [6, 6.07) is 16.7. The number of benzene rings is 2. The second-order valence-corrected chi connectivity index (χ2v) is 7.15. The lowest BCUT2D eigenvalue weighted by Gasteiger charge is -2.09. The van der Waals surface area contributed by atoms with Crippen LogP contribution in [0.4, 0.5) is 0 Å². The fourth-order valence-electron chi connectivity index (χ4n) is 3.28. The first-order chi connectivity index (χ1) is 13.5. The molecular formula is C23H28N4O. The number of nitrogens with one attached hydrogen (secondary N) is 3. The molecule has 0 atom stereocenters. The van der Waals surface area contributed by atoms with Crippen molar-refractivity contribution in [1.29, 1.82) is 0 Å². The van der Waals surface area contributed by atoms with Crippen molar-refractivity contribution in [1.82, 2.24) is 20.7 Å². The lowest BCUT2D eigenvalue weighted by Crippen LogP contribution is -2.34. The van der Waals surface area contributed by atoms with Crippen LogP contribution in [0.5, 0.6) is 0 Å². The number of aromatic amines is 1. The van der Waals surface area contributed by atoms with Gasteiger partial charge in [-0.25, -0.2) is 5.01 Å². The molecule has 3 aromatic rings.